The Balaban J connectivity index is 1.59. The van der Waals surface area contributed by atoms with E-state index in [2.05, 4.69) is 10.4 Å². The maximum absolute atomic E-state index is 12.3. The highest BCUT2D eigenvalue weighted by Crippen LogP contribution is 2.20. The molecule has 1 aromatic carbocycles. The van der Waals surface area contributed by atoms with Crippen molar-refractivity contribution in [1.29, 1.82) is 0 Å². The van der Waals surface area contributed by atoms with Crippen molar-refractivity contribution in [2.75, 3.05) is 5.32 Å². The molecule has 0 fully saturated rings. The van der Waals surface area contributed by atoms with Crippen LogP contribution < -0.4 is 5.32 Å². The van der Waals surface area contributed by atoms with Crippen LogP contribution in [0.2, 0.25) is 5.02 Å². The van der Waals surface area contributed by atoms with Gasteiger partial charge in [0.05, 0.1) is 6.54 Å². The average molecular weight is 388 g/mol. The lowest BCUT2D eigenvalue weighted by Gasteiger charge is -2.14. The Bertz CT molecular complexity index is 950. The minimum Gasteiger partial charge on any atom is -0.452 e. The molecular weight excluding hydrogens is 370 g/mol. The van der Waals surface area contributed by atoms with Crippen LogP contribution in [0.3, 0.4) is 0 Å². The number of nitrogens with zero attached hydrogens (tertiary/aromatic N) is 2. The fraction of sp³-hybridized carbons (Fsp3) is 0.211. The molecule has 0 aliphatic rings. The Labute approximate surface area is 160 Å². The van der Waals surface area contributed by atoms with E-state index in [9.17, 15) is 9.59 Å². The number of esters is 1. The molecule has 1 atom stereocenters. The first-order chi connectivity index (χ1) is 12.9. The topological polar surface area (TPSA) is 86.4 Å². The lowest BCUT2D eigenvalue weighted by Crippen LogP contribution is -2.30. The summed E-state index contributed by atoms with van der Waals surface area (Å²) in [7, 11) is 0. The highest BCUT2D eigenvalue weighted by Gasteiger charge is 2.22. The van der Waals surface area contributed by atoms with E-state index < -0.39 is 18.0 Å². The fourth-order valence-electron chi connectivity index (χ4n) is 2.36. The van der Waals surface area contributed by atoms with E-state index in [0.29, 0.717) is 23.0 Å². The van der Waals surface area contributed by atoms with Crippen molar-refractivity contribution in [3.8, 4) is 0 Å². The van der Waals surface area contributed by atoms with Crippen molar-refractivity contribution >= 4 is 29.2 Å². The van der Waals surface area contributed by atoms with Crippen LogP contribution in [-0.2, 0) is 16.1 Å². The van der Waals surface area contributed by atoms with E-state index in [4.69, 9.17) is 20.8 Å². The molecule has 8 heteroatoms. The SMILES string of the molecule is Cc1ccc(Cl)cc1NC(=O)C(C)OC(=O)c1ccc(Cn2cccn2)o1. The molecular formula is C19H18ClN3O4. The van der Waals surface area contributed by atoms with Crippen LogP contribution in [0.4, 0.5) is 5.69 Å². The summed E-state index contributed by atoms with van der Waals surface area (Å²) in [6.07, 6.45) is 2.43. The molecule has 0 spiro atoms. The van der Waals surface area contributed by atoms with Gasteiger partial charge in [-0.2, -0.15) is 5.10 Å². The van der Waals surface area contributed by atoms with Crippen LogP contribution in [0, 0.1) is 6.92 Å². The first-order valence-corrected chi connectivity index (χ1v) is 8.64. The Morgan fingerprint density at radius 1 is 1.33 bits per heavy atom. The van der Waals surface area contributed by atoms with Gasteiger partial charge in [-0.3, -0.25) is 9.48 Å². The van der Waals surface area contributed by atoms with Crippen molar-refractivity contribution in [1.82, 2.24) is 9.78 Å². The Morgan fingerprint density at radius 3 is 2.89 bits per heavy atom. The normalized spacial score (nSPS) is 11.8. The van der Waals surface area contributed by atoms with E-state index in [1.807, 2.05) is 6.92 Å². The number of aromatic nitrogens is 2. The molecule has 0 saturated carbocycles. The third kappa shape index (κ3) is 4.77. The van der Waals surface area contributed by atoms with Gasteiger partial charge in [0.2, 0.25) is 5.76 Å². The molecule has 3 rings (SSSR count). The first-order valence-electron chi connectivity index (χ1n) is 8.26. The molecule has 0 saturated heterocycles. The van der Waals surface area contributed by atoms with Crippen molar-refractivity contribution in [3.63, 3.8) is 0 Å². The Hall–Kier alpha value is -3.06. The van der Waals surface area contributed by atoms with Gasteiger partial charge < -0.3 is 14.5 Å². The summed E-state index contributed by atoms with van der Waals surface area (Å²) in [6.45, 7) is 3.72. The average Bonchev–Trinajstić information content (AvgIpc) is 3.30. The zero-order valence-electron chi connectivity index (χ0n) is 14.8. The molecule has 0 bridgehead atoms. The zero-order chi connectivity index (χ0) is 19.4. The second-order valence-electron chi connectivity index (χ2n) is 5.97. The first kappa shape index (κ1) is 18.7. The van der Waals surface area contributed by atoms with Gasteiger partial charge in [-0.25, -0.2) is 4.79 Å². The summed E-state index contributed by atoms with van der Waals surface area (Å²) in [6, 6.07) is 10.1. The van der Waals surface area contributed by atoms with Crippen LogP contribution in [0.15, 0.2) is 53.2 Å². The van der Waals surface area contributed by atoms with E-state index in [0.717, 1.165) is 5.56 Å². The molecule has 7 nitrogen and oxygen atoms in total. The van der Waals surface area contributed by atoms with Crippen LogP contribution >= 0.6 is 11.6 Å². The summed E-state index contributed by atoms with van der Waals surface area (Å²) >= 11 is 5.94. The second-order valence-corrected chi connectivity index (χ2v) is 6.40. The molecule has 1 N–H and O–H groups in total. The Morgan fingerprint density at radius 2 is 2.15 bits per heavy atom. The van der Waals surface area contributed by atoms with Gasteiger partial charge >= 0.3 is 5.97 Å². The number of nitrogens with one attached hydrogen (secondary N) is 1. The van der Waals surface area contributed by atoms with Crippen molar-refractivity contribution in [2.45, 2.75) is 26.5 Å². The van der Waals surface area contributed by atoms with E-state index in [1.165, 1.54) is 13.0 Å². The van der Waals surface area contributed by atoms with E-state index in [1.54, 1.807) is 47.4 Å². The molecule has 0 aliphatic carbocycles. The van der Waals surface area contributed by atoms with Gasteiger partial charge in [0, 0.05) is 23.1 Å². The highest BCUT2D eigenvalue weighted by molar-refractivity contribution is 6.31. The quantitative estimate of drug-likeness (QED) is 0.652. The lowest BCUT2D eigenvalue weighted by molar-refractivity contribution is -0.123. The van der Waals surface area contributed by atoms with Crippen molar-refractivity contribution in [2.24, 2.45) is 0 Å². The van der Waals surface area contributed by atoms with Gasteiger partial charge in [0.25, 0.3) is 5.91 Å². The summed E-state index contributed by atoms with van der Waals surface area (Å²) in [5.41, 5.74) is 1.41. The van der Waals surface area contributed by atoms with Crippen LogP contribution in [0.1, 0.15) is 28.8 Å². The predicted octanol–water partition coefficient (Wildman–Crippen LogP) is 3.67. The lowest BCUT2D eigenvalue weighted by atomic mass is 10.2. The maximum Gasteiger partial charge on any atom is 0.375 e. The number of aryl methyl sites for hydroxylation is 1. The monoisotopic (exact) mass is 387 g/mol. The van der Waals surface area contributed by atoms with Crippen molar-refractivity contribution < 1.29 is 18.7 Å². The summed E-state index contributed by atoms with van der Waals surface area (Å²) in [5.74, 6) is -0.600. The fourth-order valence-corrected chi connectivity index (χ4v) is 2.53. The number of carbonyl (C=O) groups excluding carboxylic acids is 2. The number of benzene rings is 1. The standard InChI is InChI=1S/C19H18ClN3O4/c1-12-4-5-14(20)10-16(12)22-18(24)13(2)26-19(25)17-7-6-15(27-17)11-23-9-3-8-21-23/h3-10,13H,11H2,1-2H3,(H,22,24). The Kier molecular flexibility index (Phi) is 5.61. The molecule has 1 unspecified atom stereocenters. The molecule has 3 aromatic rings. The number of halogens is 1. The third-order valence-corrected chi connectivity index (χ3v) is 4.09. The van der Waals surface area contributed by atoms with Gasteiger partial charge in [-0.15, -0.1) is 0 Å². The number of carbonyl (C=O) groups is 2. The van der Waals surface area contributed by atoms with Crippen LogP contribution in [0.5, 0.6) is 0 Å². The van der Waals surface area contributed by atoms with Gasteiger partial charge in [-0.1, -0.05) is 17.7 Å². The number of furan rings is 1. The summed E-state index contributed by atoms with van der Waals surface area (Å²) < 4.78 is 12.3. The van der Waals surface area contributed by atoms with E-state index >= 15 is 0 Å². The number of hydrogen-bond donors (Lipinski definition) is 1. The maximum atomic E-state index is 12.3. The smallest absolute Gasteiger partial charge is 0.375 e. The minimum atomic E-state index is -1.00. The second kappa shape index (κ2) is 8.09. The molecule has 2 heterocycles. The highest BCUT2D eigenvalue weighted by atomic mass is 35.5. The predicted molar refractivity (Wildman–Crippen MR) is 99.7 cm³/mol. The number of hydrogen-bond acceptors (Lipinski definition) is 5. The number of ether oxygens (including phenoxy) is 1. The number of amides is 1. The minimum absolute atomic E-state index is 0.0238. The summed E-state index contributed by atoms with van der Waals surface area (Å²) in [4.78, 5) is 24.5. The molecule has 27 heavy (non-hydrogen) atoms. The molecule has 140 valence electrons. The molecule has 0 aliphatic heterocycles. The zero-order valence-corrected chi connectivity index (χ0v) is 15.6. The number of rotatable bonds is 6. The third-order valence-electron chi connectivity index (χ3n) is 3.85. The summed E-state index contributed by atoms with van der Waals surface area (Å²) in [5, 5.41) is 7.27. The van der Waals surface area contributed by atoms with Crippen molar-refractivity contribution in [3.05, 3.63) is 70.9 Å². The van der Waals surface area contributed by atoms with Crippen LogP contribution in [-0.4, -0.2) is 27.8 Å². The largest absolute Gasteiger partial charge is 0.452 e. The van der Waals surface area contributed by atoms with Crippen LogP contribution in [0.25, 0.3) is 0 Å². The van der Waals surface area contributed by atoms with Gasteiger partial charge in [0.15, 0.2) is 6.10 Å². The van der Waals surface area contributed by atoms with Gasteiger partial charge in [-0.05, 0) is 49.7 Å². The molecule has 1 amide bonds. The molecule has 2 aromatic heterocycles. The molecule has 0 radical (unpaired) electrons. The number of anilines is 1. The van der Waals surface area contributed by atoms with E-state index in [-0.39, 0.29) is 5.76 Å². The van der Waals surface area contributed by atoms with Gasteiger partial charge in [0.1, 0.15) is 5.76 Å².